The highest BCUT2D eigenvalue weighted by Gasteiger charge is 2.51. The zero-order chi connectivity index (χ0) is 13.6. The Hall–Kier alpha value is -1.10. The molecule has 0 aliphatic carbocycles. The number of piperazine rings is 1. The van der Waals surface area contributed by atoms with Crippen LogP contribution in [-0.4, -0.2) is 59.0 Å². The van der Waals surface area contributed by atoms with Crippen LogP contribution >= 0.6 is 0 Å². The number of amides is 2. The number of hydrogen-bond acceptors (Lipinski definition) is 3. The molecule has 2 atom stereocenters. The van der Waals surface area contributed by atoms with E-state index in [-0.39, 0.29) is 29.4 Å². The Morgan fingerprint density at radius 3 is 2.58 bits per heavy atom. The standard InChI is InChI=1S/C14H22N2O3/c1-10-12(17)15-7-3-4-11(15)13(18)16(10)14(2)5-8-19-9-6-14/h10-11H,3-9H2,1-2H3. The molecule has 0 bridgehead atoms. The van der Waals surface area contributed by atoms with Gasteiger partial charge < -0.3 is 14.5 Å². The molecule has 3 heterocycles. The molecule has 5 heteroatoms. The van der Waals surface area contributed by atoms with Gasteiger partial charge in [-0.2, -0.15) is 0 Å². The highest BCUT2D eigenvalue weighted by atomic mass is 16.5. The van der Waals surface area contributed by atoms with Crippen molar-refractivity contribution in [3.8, 4) is 0 Å². The van der Waals surface area contributed by atoms with Gasteiger partial charge in [0.2, 0.25) is 11.8 Å². The third-order valence-corrected chi connectivity index (χ3v) is 4.95. The largest absolute Gasteiger partial charge is 0.381 e. The Balaban J connectivity index is 1.91. The van der Waals surface area contributed by atoms with Crippen LogP contribution in [0.2, 0.25) is 0 Å². The fourth-order valence-electron chi connectivity index (χ4n) is 3.77. The van der Waals surface area contributed by atoms with Crippen molar-refractivity contribution in [2.75, 3.05) is 19.8 Å². The number of ether oxygens (including phenoxy) is 1. The molecule has 0 spiro atoms. The average molecular weight is 266 g/mol. The molecule has 106 valence electrons. The van der Waals surface area contributed by atoms with E-state index >= 15 is 0 Å². The lowest BCUT2D eigenvalue weighted by molar-refractivity contribution is -0.169. The molecule has 0 aromatic carbocycles. The van der Waals surface area contributed by atoms with Crippen LogP contribution in [0.25, 0.3) is 0 Å². The Morgan fingerprint density at radius 1 is 1.21 bits per heavy atom. The van der Waals surface area contributed by atoms with Crippen molar-refractivity contribution in [1.82, 2.24) is 9.80 Å². The van der Waals surface area contributed by atoms with Gasteiger partial charge >= 0.3 is 0 Å². The van der Waals surface area contributed by atoms with E-state index in [1.165, 1.54) is 0 Å². The third kappa shape index (κ3) is 1.86. The molecule has 3 rings (SSSR count). The van der Waals surface area contributed by atoms with Gasteiger partial charge in [0, 0.05) is 25.3 Å². The summed E-state index contributed by atoms with van der Waals surface area (Å²) < 4.78 is 5.41. The quantitative estimate of drug-likeness (QED) is 0.704. The lowest BCUT2D eigenvalue weighted by atomic mass is 9.86. The van der Waals surface area contributed by atoms with Crippen LogP contribution in [0.4, 0.5) is 0 Å². The van der Waals surface area contributed by atoms with Gasteiger partial charge in [0.1, 0.15) is 12.1 Å². The minimum Gasteiger partial charge on any atom is -0.381 e. The molecule has 0 aromatic rings. The molecule has 0 saturated carbocycles. The van der Waals surface area contributed by atoms with Crippen molar-refractivity contribution >= 4 is 11.8 Å². The van der Waals surface area contributed by atoms with E-state index in [4.69, 9.17) is 4.74 Å². The van der Waals surface area contributed by atoms with Crippen molar-refractivity contribution in [2.45, 2.75) is 57.2 Å². The van der Waals surface area contributed by atoms with Gasteiger partial charge in [-0.15, -0.1) is 0 Å². The molecule has 3 fully saturated rings. The summed E-state index contributed by atoms with van der Waals surface area (Å²) in [5.41, 5.74) is -0.223. The number of rotatable bonds is 1. The van der Waals surface area contributed by atoms with E-state index in [1.54, 1.807) is 4.90 Å². The van der Waals surface area contributed by atoms with Crippen LogP contribution in [0.15, 0.2) is 0 Å². The van der Waals surface area contributed by atoms with E-state index in [1.807, 2.05) is 11.8 Å². The van der Waals surface area contributed by atoms with E-state index in [0.717, 1.165) is 32.2 Å². The predicted molar refractivity (Wildman–Crippen MR) is 69.5 cm³/mol. The molecule has 19 heavy (non-hydrogen) atoms. The molecule has 3 aliphatic rings. The third-order valence-electron chi connectivity index (χ3n) is 4.95. The maximum atomic E-state index is 12.8. The van der Waals surface area contributed by atoms with Crippen LogP contribution < -0.4 is 0 Å². The highest BCUT2D eigenvalue weighted by molar-refractivity contribution is 5.97. The number of fused-ring (bicyclic) bond motifs is 1. The SMILES string of the molecule is CC1C(=O)N2CCCC2C(=O)N1C1(C)CCOCC1. The fraction of sp³-hybridized carbons (Fsp3) is 0.857. The van der Waals surface area contributed by atoms with Gasteiger partial charge in [-0.05, 0) is 39.5 Å². The maximum absolute atomic E-state index is 12.8. The van der Waals surface area contributed by atoms with Gasteiger partial charge in [-0.1, -0.05) is 0 Å². The summed E-state index contributed by atoms with van der Waals surface area (Å²) in [5, 5.41) is 0. The Bertz CT molecular complexity index is 403. The monoisotopic (exact) mass is 266 g/mol. The van der Waals surface area contributed by atoms with Crippen LogP contribution in [-0.2, 0) is 14.3 Å². The first-order valence-electron chi connectivity index (χ1n) is 7.26. The van der Waals surface area contributed by atoms with E-state index in [9.17, 15) is 9.59 Å². The van der Waals surface area contributed by atoms with Gasteiger partial charge in [0.25, 0.3) is 0 Å². The molecule has 0 aromatic heterocycles. The van der Waals surface area contributed by atoms with Crippen molar-refractivity contribution in [3.05, 3.63) is 0 Å². The van der Waals surface area contributed by atoms with E-state index in [0.29, 0.717) is 13.2 Å². The van der Waals surface area contributed by atoms with Crippen LogP contribution in [0.1, 0.15) is 39.5 Å². The highest BCUT2D eigenvalue weighted by Crippen LogP contribution is 2.36. The second kappa shape index (κ2) is 4.47. The number of hydrogen-bond donors (Lipinski definition) is 0. The first kappa shape index (κ1) is 12.9. The normalized spacial score (nSPS) is 34.6. The minimum atomic E-state index is -0.329. The summed E-state index contributed by atoms with van der Waals surface area (Å²) in [6.45, 7) is 6.07. The molecular weight excluding hydrogens is 244 g/mol. The zero-order valence-electron chi connectivity index (χ0n) is 11.7. The summed E-state index contributed by atoms with van der Waals surface area (Å²) >= 11 is 0. The zero-order valence-corrected chi connectivity index (χ0v) is 11.7. The summed E-state index contributed by atoms with van der Waals surface area (Å²) in [4.78, 5) is 28.9. The maximum Gasteiger partial charge on any atom is 0.246 e. The first-order chi connectivity index (χ1) is 9.04. The Labute approximate surface area is 113 Å². The molecule has 2 unspecified atom stereocenters. The van der Waals surface area contributed by atoms with E-state index in [2.05, 4.69) is 6.92 Å². The number of carbonyl (C=O) groups excluding carboxylic acids is 2. The van der Waals surface area contributed by atoms with Crippen molar-refractivity contribution in [2.24, 2.45) is 0 Å². The van der Waals surface area contributed by atoms with Crippen LogP contribution in [0.5, 0.6) is 0 Å². The van der Waals surface area contributed by atoms with Crippen molar-refractivity contribution in [3.63, 3.8) is 0 Å². The van der Waals surface area contributed by atoms with Crippen molar-refractivity contribution in [1.29, 1.82) is 0 Å². The van der Waals surface area contributed by atoms with Gasteiger partial charge in [0.15, 0.2) is 0 Å². The van der Waals surface area contributed by atoms with E-state index < -0.39 is 0 Å². The second-order valence-corrected chi connectivity index (χ2v) is 6.18. The summed E-state index contributed by atoms with van der Waals surface area (Å²) in [6.07, 6.45) is 3.41. The lowest BCUT2D eigenvalue weighted by Gasteiger charge is -2.51. The number of nitrogens with zero attached hydrogens (tertiary/aromatic N) is 2. The second-order valence-electron chi connectivity index (χ2n) is 6.18. The molecular formula is C14H22N2O3. The molecule has 2 amide bonds. The molecule has 3 aliphatic heterocycles. The van der Waals surface area contributed by atoms with Crippen molar-refractivity contribution < 1.29 is 14.3 Å². The number of carbonyl (C=O) groups is 2. The Kier molecular flexibility index (Phi) is 3.04. The molecule has 0 N–H and O–H groups in total. The minimum absolute atomic E-state index is 0.120. The average Bonchev–Trinajstić information content (AvgIpc) is 2.86. The smallest absolute Gasteiger partial charge is 0.246 e. The van der Waals surface area contributed by atoms with Gasteiger partial charge in [-0.25, -0.2) is 0 Å². The summed E-state index contributed by atoms with van der Waals surface area (Å²) in [5.74, 6) is 0.267. The molecule has 5 nitrogen and oxygen atoms in total. The fourth-order valence-corrected chi connectivity index (χ4v) is 3.77. The van der Waals surface area contributed by atoms with Gasteiger partial charge in [-0.3, -0.25) is 9.59 Å². The summed E-state index contributed by atoms with van der Waals surface area (Å²) in [7, 11) is 0. The van der Waals surface area contributed by atoms with Crippen LogP contribution in [0, 0.1) is 0 Å². The molecule has 3 saturated heterocycles. The van der Waals surface area contributed by atoms with Crippen LogP contribution in [0.3, 0.4) is 0 Å². The summed E-state index contributed by atoms with van der Waals surface area (Å²) in [6, 6.07) is -0.534. The first-order valence-corrected chi connectivity index (χ1v) is 7.26. The topological polar surface area (TPSA) is 49.9 Å². The molecule has 0 radical (unpaired) electrons. The Morgan fingerprint density at radius 2 is 1.89 bits per heavy atom. The predicted octanol–water partition coefficient (Wildman–Crippen LogP) is 0.777. The van der Waals surface area contributed by atoms with Gasteiger partial charge in [0.05, 0.1) is 0 Å². The lowest BCUT2D eigenvalue weighted by Crippen LogP contribution is -2.68.